The molecule has 0 saturated heterocycles. The standard InChI is InChI=1S/C11H20N2O2S2/c1-4-10(8(2)3)13-17(14,15)11-5-9(6-12)7-16-11/h5,7-8,10,13H,4,6,12H2,1-3H3. The highest BCUT2D eigenvalue weighted by atomic mass is 32.2. The van der Waals surface area contributed by atoms with E-state index in [0.717, 1.165) is 12.0 Å². The molecular formula is C11H20N2O2S2. The van der Waals surface area contributed by atoms with Crippen molar-refractivity contribution in [1.82, 2.24) is 4.72 Å². The fourth-order valence-electron chi connectivity index (χ4n) is 1.55. The molecule has 1 heterocycles. The Bertz CT molecular complexity index is 452. The van der Waals surface area contributed by atoms with Gasteiger partial charge >= 0.3 is 0 Å². The highest BCUT2D eigenvalue weighted by Crippen LogP contribution is 2.21. The van der Waals surface area contributed by atoms with Crippen molar-refractivity contribution < 1.29 is 8.42 Å². The van der Waals surface area contributed by atoms with Crippen LogP contribution in [0.5, 0.6) is 0 Å². The maximum atomic E-state index is 12.1. The van der Waals surface area contributed by atoms with E-state index >= 15 is 0 Å². The molecular weight excluding hydrogens is 256 g/mol. The molecule has 0 aliphatic heterocycles. The second-order valence-electron chi connectivity index (χ2n) is 4.36. The SMILES string of the molecule is CCC(NS(=O)(=O)c1cc(CN)cs1)C(C)C. The number of sulfonamides is 1. The average Bonchev–Trinajstić information content (AvgIpc) is 2.74. The van der Waals surface area contributed by atoms with Crippen molar-refractivity contribution in [3.63, 3.8) is 0 Å². The third-order valence-corrected chi connectivity index (χ3v) is 5.66. The van der Waals surface area contributed by atoms with Gasteiger partial charge in [-0.1, -0.05) is 20.8 Å². The number of rotatable bonds is 6. The molecule has 0 fully saturated rings. The van der Waals surface area contributed by atoms with Crippen molar-refractivity contribution in [2.75, 3.05) is 0 Å². The maximum absolute atomic E-state index is 12.1. The first-order chi connectivity index (χ1) is 7.90. The summed E-state index contributed by atoms with van der Waals surface area (Å²) < 4.78 is 27.3. The first-order valence-corrected chi connectivity index (χ1v) is 8.06. The molecule has 0 radical (unpaired) electrons. The molecule has 4 nitrogen and oxygen atoms in total. The maximum Gasteiger partial charge on any atom is 0.250 e. The van der Waals surface area contributed by atoms with Gasteiger partial charge in [0, 0.05) is 12.6 Å². The topological polar surface area (TPSA) is 72.2 Å². The van der Waals surface area contributed by atoms with Crippen molar-refractivity contribution in [3.8, 4) is 0 Å². The van der Waals surface area contributed by atoms with E-state index in [-0.39, 0.29) is 12.0 Å². The second-order valence-corrected chi connectivity index (χ2v) is 7.21. The molecule has 0 spiro atoms. The first kappa shape index (κ1) is 14.6. The van der Waals surface area contributed by atoms with Crippen LogP contribution in [0.25, 0.3) is 0 Å². The van der Waals surface area contributed by atoms with Crippen LogP contribution >= 0.6 is 11.3 Å². The lowest BCUT2D eigenvalue weighted by molar-refractivity contribution is 0.438. The lowest BCUT2D eigenvalue weighted by Crippen LogP contribution is -2.37. The lowest BCUT2D eigenvalue weighted by Gasteiger charge is -2.19. The predicted octanol–water partition coefficient (Wildman–Crippen LogP) is 1.92. The Kier molecular flexibility index (Phi) is 5.12. The van der Waals surface area contributed by atoms with Crippen LogP contribution in [0.3, 0.4) is 0 Å². The summed E-state index contributed by atoms with van der Waals surface area (Å²) in [5.41, 5.74) is 6.33. The van der Waals surface area contributed by atoms with Gasteiger partial charge in [-0.25, -0.2) is 13.1 Å². The zero-order valence-corrected chi connectivity index (χ0v) is 12.1. The van der Waals surface area contributed by atoms with Gasteiger partial charge in [0.05, 0.1) is 0 Å². The van der Waals surface area contributed by atoms with Gasteiger partial charge < -0.3 is 5.73 Å². The van der Waals surface area contributed by atoms with E-state index in [9.17, 15) is 8.42 Å². The van der Waals surface area contributed by atoms with Crippen LogP contribution in [-0.4, -0.2) is 14.5 Å². The zero-order valence-electron chi connectivity index (χ0n) is 10.4. The van der Waals surface area contributed by atoms with Gasteiger partial charge in [0.2, 0.25) is 10.0 Å². The minimum absolute atomic E-state index is 0.0246. The van der Waals surface area contributed by atoms with Crippen LogP contribution in [0.2, 0.25) is 0 Å². The number of hydrogen-bond donors (Lipinski definition) is 2. The van der Waals surface area contributed by atoms with Crippen LogP contribution in [0.1, 0.15) is 32.8 Å². The molecule has 98 valence electrons. The Morgan fingerprint density at radius 3 is 2.53 bits per heavy atom. The summed E-state index contributed by atoms with van der Waals surface area (Å²) in [4.78, 5) is 0. The quantitative estimate of drug-likeness (QED) is 0.834. The molecule has 1 atom stereocenters. The molecule has 1 unspecified atom stereocenters. The highest BCUT2D eigenvalue weighted by Gasteiger charge is 2.22. The average molecular weight is 276 g/mol. The van der Waals surface area contributed by atoms with Crippen molar-refractivity contribution in [3.05, 3.63) is 17.0 Å². The predicted molar refractivity (Wildman–Crippen MR) is 71.4 cm³/mol. The third-order valence-electron chi connectivity index (χ3n) is 2.68. The molecule has 0 amide bonds. The van der Waals surface area contributed by atoms with E-state index in [4.69, 9.17) is 5.73 Å². The molecule has 1 aromatic heterocycles. The van der Waals surface area contributed by atoms with Crippen LogP contribution < -0.4 is 10.5 Å². The zero-order chi connectivity index (χ0) is 13.1. The smallest absolute Gasteiger partial charge is 0.250 e. The van der Waals surface area contributed by atoms with E-state index in [1.807, 2.05) is 20.8 Å². The molecule has 0 aliphatic carbocycles. The fraction of sp³-hybridized carbons (Fsp3) is 0.636. The number of nitrogens with two attached hydrogens (primary N) is 1. The summed E-state index contributed by atoms with van der Waals surface area (Å²) in [7, 11) is -3.39. The lowest BCUT2D eigenvalue weighted by atomic mass is 10.0. The molecule has 1 aromatic rings. The Balaban J connectivity index is 2.88. The molecule has 0 bridgehead atoms. The van der Waals surface area contributed by atoms with Crippen LogP contribution in [0.4, 0.5) is 0 Å². The van der Waals surface area contributed by atoms with E-state index in [1.54, 1.807) is 11.4 Å². The Hall–Kier alpha value is -0.430. The Morgan fingerprint density at radius 1 is 1.47 bits per heavy atom. The molecule has 6 heteroatoms. The van der Waals surface area contributed by atoms with Gasteiger partial charge in [0.15, 0.2) is 0 Å². The summed E-state index contributed by atoms with van der Waals surface area (Å²) in [6.07, 6.45) is 0.784. The van der Waals surface area contributed by atoms with Gasteiger partial charge in [-0.3, -0.25) is 0 Å². The molecule has 1 rings (SSSR count). The van der Waals surface area contributed by atoms with E-state index in [1.165, 1.54) is 11.3 Å². The summed E-state index contributed by atoms with van der Waals surface area (Å²) in [5, 5.41) is 1.78. The summed E-state index contributed by atoms with van der Waals surface area (Å²) in [6, 6.07) is 1.61. The van der Waals surface area contributed by atoms with Crippen molar-refractivity contribution in [2.24, 2.45) is 11.7 Å². The van der Waals surface area contributed by atoms with E-state index in [0.29, 0.717) is 10.8 Å². The highest BCUT2D eigenvalue weighted by molar-refractivity contribution is 7.91. The normalized spacial score (nSPS) is 14.2. The minimum atomic E-state index is -3.39. The number of hydrogen-bond acceptors (Lipinski definition) is 4. The van der Waals surface area contributed by atoms with Gasteiger partial charge in [-0.2, -0.15) is 0 Å². The molecule has 3 N–H and O–H groups in total. The first-order valence-electron chi connectivity index (χ1n) is 5.70. The van der Waals surface area contributed by atoms with Gasteiger partial charge in [-0.15, -0.1) is 11.3 Å². The van der Waals surface area contributed by atoms with Crippen molar-refractivity contribution in [2.45, 2.75) is 44.0 Å². The minimum Gasteiger partial charge on any atom is -0.326 e. The summed E-state index contributed by atoms with van der Waals surface area (Å²) >= 11 is 1.21. The monoisotopic (exact) mass is 276 g/mol. The van der Waals surface area contributed by atoms with Crippen LogP contribution in [0.15, 0.2) is 15.7 Å². The van der Waals surface area contributed by atoms with Crippen LogP contribution in [0, 0.1) is 5.92 Å². The molecule has 17 heavy (non-hydrogen) atoms. The second kappa shape index (κ2) is 5.95. The van der Waals surface area contributed by atoms with Gasteiger partial charge in [0.25, 0.3) is 0 Å². The summed E-state index contributed by atoms with van der Waals surface area (Å²) in [6.45, 7) is 6.37. The van der Waals surface area contributed by atoms with E-state index in [2.05, 4.69) is 4.72 Å². The molecule has 0 aromatic carbocycles. The summed E-state index contributed by atoms with van der Waals surface area (Å²) in [5.74, 6) is 0.281. The largest absolute Gasteiger partial charge is 0.326 e. The van der Waals surface area contributed by atoms with Crippen molar-refractivity contribution in [1.29, 1.82) is 0 Å². The van der Waals surface area contributed by atoms with Crippen LogP contribution in [-0.2, 0) is 16.6 Å². The van der Waals surface area contributed by atoms with E-state index < -0.39 is 10.0 Å². The molecule has 0 saturated carbocycles. The third kappa shape index (κ3) is 3.77. The Labute approximate surface area is 107 Å². The van der Waals surface area contributed by atoms with Gasteiger partial charge in [0.1, 0.15) is 4.21 Å². The number of nitrogens with one attached hydrogen (secondary N) is 1. The fourth-order valence-corrected chi connectivity index (χ4v) is 4.26. The van der Waals surface area contributed by atoms with Crippen molar-refractivity contribution >= 4 is 21.4 Å². The number of thiophene rings is 1. The molecule has 0 aliphatic rings. The van der Waals surface area contributed by atoms with Gasteiger partial charge in [-0.05, 0) is 29.3 Å². The Morgan fingerprint density at radius 2 is 2.12 bits per heavy atom.